The maximum atomic E-state index is 11.8. The van der Waals surface area contributed by atoms with E-state index in [1.807, 2.05) is 0 Å². The number of ketones is 2. The van der Waals surface area contributed by atoms with E-state index in [2.05, 4.69) is 0 Å². The molecule has 0 atom stereocenters. The van der Waals surface area contributed by atoms with Crippen molar-refractivity contribution in [2.75, 3.05) is 0 Å². The summed E-state index contributed by atoms with van der Waals surface area (Å²) in [6, 6.07) is 0. The van der Waals surface area contributed by atoms with E-state index in [0.717, 1.165) is 18.4 Å². The Morgan fingerprint density at radius 1 is 1.14 bits per heavy atom. The Morgan fingerprint density at radius 3 is 2.43 bits per heavy atom. The van der Waals surface area contributed by atoms with Crippen molar-refractivity contribution in [2.45, 2.75) is 32.6 Å². The summed E-state index contributed by atoms with van der Waals surface area (Å²) in [6.45, 7) is 1.72. The van der Waals surface area contributed by atoms with Crippen LogP contribution in [0.25, 0.3) is 0 Å². The van der Waals surface area contributed by atoms with Crippen LogP contribution >= 0.6 is 0 Å². The molecule has 74 valence electrons. The first kappa shape index (κ1) is 9.38. The number of rotatable bonds is 1. The highest BCUT2D eigenvalue weighted by molar-refractivity contribution is 6.20. The van der Waals surface area contributed by atoms with Crippen molar-refractivity contribution in [3.05, 3.63) is 23.3 Å². The van der Waals surface area contributed by atoms with Gasteiger partial charge in [-0.15, -0.1) is 0 Å². The van der Waals surface area contributed by atoms with Crippen molar-refractivity contribution in [3.8, 4) is 0 Å². The Balaban J connectivity index is 2.26. The molecule has 0 radical (unpaired) electrons. The first-order valence-corrected chi connectivity index (χ1v) is 5.17. The third kappa shape index (κ3) is 1.57. The zero-order chi connectivity index (χ0) is 10.1. The van der Waals surface area contributed by atoms with Gasteiger partial charge >= 0.3 is 0 Å². The van der Waals surface area contributed by atoms with Crippen molar-refractivity contribution < 1.29 is 9.59 Å². The summed E-state index contributed by atoms with van der Waals surface area (Å²) in [5, 5.41) is 0. The van der Waals surface area contributed by atoms with Gasteiger partial charge in [-0.2, -0.15) is 0 Å². The van der Waals surface area contributed by atoms with Crippen molar-refractivity contribution in [1.29, 1.82) is 0 Å². The summed E-state index contributed by atoms with van der Waals surface area (Å²) in [5.74, 6) is 0.399. The van der Waals surface area contributed by atoms with Crippen LogP contribution in [0.5, 0.6) is 0 Å². The molecule has 1 fully saturated rings. The lowest BCUT2D eigenvalue weighted by Gasteiger charge is -2.16. The fraction of sp³-hybridized carbons (Fsp3) is 0.500. The quantitative estimate of drug-likeness (QED) is 0.594. The van der Waals surface area contributed by atoms with E-state index < -0.39 is 0 Å². The zero-order valence-electron chi connectivity index (χ0n) is 8.38. The van der Waals surface area contributed by atoms with E-state index in [1.54, 1.807) is 6.92 Å². The van der Waals surface area contributed by atoms with Gasteiger partial charge in [-0.1, -0.05) is 12.8 Å². The highest BCUT2D eigenvalue weighted by atomic mass is 16.1. The SMILES string of the molecule is CC1=CC(=O)C=C(C2CCCC2)C1=O. The molecule has 0 aromatic heterocycles. The zero-order valence-corrected chi connectivity index (χ0v) is 8.38. The number of carbonyl (C=O) groups excluding carboxylic acids is 2. The molecule has 0 heterocycles. The summed E-state index contributed by atoms with van der Waals surface area (Å²) in [7, 11) is 0. The molecule has 1 saturated carbocycles. The van der Waals surface area contributed by atoms with Crippen LogP contribution < -0.4 is 0 Å². The van der Waals surface area contributed by atoms with Gasteiger partial charge in [-0.05, 0) is 37.8 Å². The predicted molar refractivity (Wildman–Crippen MR) is 53.8 cm³/mol. The van der Waals surface area contributed by atoms with Crippen LogP contribution in [0.4, 0.5) is 0 Å². The molecule has 0 amide bonds. The molecule has 2 aliphatic rings. The molecule has 0 bridgehead atoms. The van der Waals surface area contributed by atoms with Crippen molar-refractivity contribution in [1.82, 2.24) is 0 Å². The molecule has 0 saturated heterocycles. The Labute approximate surface area is 83.7 Å². The lowest BCUT2D eigenvalue weighted by molar-refractivity contribution is -0.115. The topological polar surface area (TPSA) is 34.1 Å². The third-order valence-electron chi connectivity index (χ3n) is 3.07. The second-order valence-corrected chi connectivity index (χ2v) is 4.14. The van der Waals surface area contributed by atoms with Gasteiger partial charge in [-0.3, -0.25) is 9.59 Å². The Bertz CT molecular complexity index is 341. The van der Waals surface area contributed by atoms with Gasteiger partial charge in [0.1, 0.15) is 0 Å². The minimum Gasteiger partial charge on any atom is -0.290 e. The largest absolute Gasteiger partial charge is 0.290 e. The maximum Gasteiger partial charge on any atom is 0.185 e. The fourth-order valence-corrected chi connectivity index (χ4v) is 2.31. The number of Topliss-reactive ketones (excluding diaryl/α,β-unsaturated/α-hetero) is 1. The van der Waals surface area contributed by atoms with Crippen molar-refractivity contribution in [3.63, 3.8) is 0 Å². The Morgan fingerprint density at radius 2 is 1.79 bits per heavy atom. The van der Waals surface area contributed by atoms with Gasteiger partial charge in [-0.25, -0.2) is 0 Å². The van der Waals surface area contributed by atoms with Gasteiger partial charge in [0.2, 0.25) is 0 Å². The number of allylic oxidation sites excluding steroid dienone is 4. The van der Waals surface area contributed by atoms with Gasteiger partial charge in [0, 0.05) is 11.1 Å². The molecule has 14 heavy (non-hydrogen) atoms. The van der Waals surface area contributed by atoms with Crippen LogP contribution in [0, 0.1) is 5.92 Å². The second kappa shape index (κ2) is 3.52. The summed E-state index contributed by atoms with van der Waals surface area (Å²) in [4.78, 5) is 23.1. The average molecular weight is 190 g/mol. The summed E-state index contributed by atoms with van der Waals surface area (Å²) in [6.07, 6.45) is 7.47. The molecule has 0 aromatic rings. The van der Waals surface area contributed by atoms with E-state index in [4.69, 9.17) is 0 Å². The maximum absolute atomic E-state index is 11.8. The minimum atomic E-state index is -0.0241. The van der Waals surface area contributed by atoms with Crippen LogP contribution in [-0.2, 0) is 9.59 Å². The number of carbonyl (C=O) groups is 2. The lowest BCUT2D eigenvalue weighted by Crippen LogP contribution is -2.17. The van der Waals surface area contributed by atoms with Gasteiger partial charge in [0.15, 0.2) is 11.6 Å². The highest BCUT2D eigenvalue weighted by Gasteiger charge is 2.27. The lowest BCUT2D eigenvalue weighted by atomic mass is 9.86. The predicted octanol–water partition coefficient (Wildman–Crippen LogP) is 2.20. The highest BCUT2D eigenvalue weighted by Crippen LogP contribution is 2.33. The monoisotopic (exact) mass is 190 g/mol. The van der Waals surface area contributed by atoms with E-state index in [0.29, 0.717) is 11.5 Å². The smallest absolute Gasteiger partial charge is 0.185 e. The molecule has 0 spiro atoms. The van der Waals surface area contributed by atoms with E-state index in [1.165, 1.54) is 25.0 Å². The van der Waals surface area contributed by atoms with Gasteiger partial charge in [0.05, 0.1) is 0 Å². The van der Waals surface area contributed by atoms with Crippen LogP contribution in [0.3, 0.4) is 0 Å². The first-order chi connectivity index (χ1) is 6.68. The summed E-state index contributed by atoms with van der Waals surface area (Å²) < 4.78 is 0. The molecule has 0 aliphatic heterocycles. The molecular formula is C12H14O2. The van der Waals surface area contributed by atoms with Gasteiger partial charge < -0.3 is 0 Å². The molecule has 0 N–H and O–H groups in total. The van der Waals surface area contributed by atoms with E-state index in [-0.39, 0.29) is 11.6 Å². The Hall–Kier alpha value is -1.18. The Kier molecular flexibility index (Phi) is 2.36. The van der Waals surface area contributed by atoms with Gasteiger partial charge in [0.25, 0.3) is 0 Å². The first-order valence-electron chi connectivity index (χ1n) is 5.17. The standard InChI is InChI=1S/C12H14O2/c1-8-6-10(13)7-11(12(8)14)9-4-2-3-5-9/h6-7,9H,2-5H2,1H3. The van der Waals surface area contributed by atoms with Crippen LogP contribution in [0.2, 0.25) is 0 Å². The summed E-state index contributed by atoms with van der Waals surface area (Å²) >= 11 is 0. The number of hydrogen-bond acceptors (Lipinski definition) is 2. The van der Waals surface area contributed by atoms with Crippen LogP contribution in [-0.4, -0.2) is 11.6 Å². The molecule has 0 aromatic carbocycles. The second-order valence-electron chi connectivity index (χ2n) is 4.14. The normalized spacial score (nSPS) is 23.8. The van der Waals surface area contributed by atoms with Crippen LogP contribution in [0.1, 0.15) is 32.6 Å². The molecular weight excluding hydrogens is 176 g/mol. The van der Waals surface area contributed by atoms with Crippen LogP contribution in [0.15, 0.2) is 23.3 Å². The van der Waals surface area contributed by atoms with Crippen molar-refractivity contribution in [2.24, 2.45) is 5.92 Å². The molecule has 2 nitrogen and oxygen atoms in total. The van der Waals surface area contributed by atoms with E-state index in [9.17, 15) is 9.59 Å². The minimum absolute atomic E-state index is 0.0241. The molecule has 2 heteroatoms. The third-order valence-corrected chi connectivity index (χ3v) is 3.07. The average Bonchev–Trinajstić information content (AvgIpc) is 2.63. The molecule has 2 rings (SSSR count). The summed E-state index contributed by atoms with van der Waals surface area (Å²) in [5.41, 5.74) is 1.35. The fourth-order valence-electron chi connectivity index (χ4n) is 2.31. The number of hydrogen-bond donors (Lipinski definition) is 0. The molecule has 0 unspecified atom stereocenters. The molecule has 2 aliphatic carbocycles. The van der Waals surface area contributed by atoms with E-state index >= 15 is 0 Å². The van der Waals surface area contributed by atoms with Crippen molar-refractivity contribution >= 4 is 11.6 Å².